The Labute approximate surface area is 152 Å². The molecular weight excluding hydrogens is 332 g/mol. The second-order valence-corrected chi connectivity index (χ2v) is 7.19. The van der Waals surface area contributed by atoms with Gasteiger partial charge in [0.25, 0.3) is 0 Å². The van der Waals surface area contributed by atoms with E-state index in [0.717, 1.165) is 35.0 Å². The lowest BCUT2D eigenvalue weighted by Gasteiger charge is -2.10. The maximum Gasteiger partial charge on any atom is 0.174 e. The number of Topliss-reactive ketones (excluding diaryl/α,β-unsaturated/α-hetero) is 1. The van der Waals surface area contributed by atoms with E-state index < -0.39 is 0 Å². The number of benzene rings is 1. The van der Waals surface area contributed by atoms with Crippen LogP contribution in [0.1, 0.15) is 38.8 Å². The third kappa shape index (κ3) is 4.23. The van der Waals surface area contributed by atoms with E-state index in [9.17, 15) is 4.79 Å². The number of carbonyl (C=O) groups excluding carboxylic acids is 1. The highest BCUT2D eigenvalue weighted by atomic mass is 32.2. The Kier molecular flexibility index (Phi) is 5.43. The molecule has 0 spiro atoms. The van der Waals surface area contributed by atoms with Crippen molar-refractivity contribution in [1.29, 1.82) is 0 Å². The molecule has 2 heterocycles. The Bertz CT molecular complexity index is 865. The van der Waals surface area contributed by atoms with Crippen molar-refractivity contribution < 1.29 is 9.32 Å². The number of aryl methyl sites for hydroxylation is 2. The van der Waals surface area contributed by atoms with Crippen LogP contribution in [0.5, 0.6) is 0 Å². The molecule has 0 radical (unpaired) electrons. The molecule has 3 rings (SSSR count). The third-order valence-corrected chi connectivity index (χ3v) is 5.18. The summed E-state index contributed by atoms with van der Waals surface area (Å²) in [4.78, 5) is 12.6. The predicted octanol–water partition coefficient (Wildman–Crippen LogP) is 4.57. The van der Waals surface area contributed by atoms with Crippen LogP contribution in [0.3, 0.4) is 0 Å². The number of thioether (sulfide) groups is 1. The quantitative estimate of drug-likeness (QED) is 0.583. The predicted molar refractivity (Wildman–Crippen MR) is 101 cm³/mol. The Balaban J connectivity index is 1.65. The van der Waals surface area contributed by atoms with Crippen LogP contribution in [-0.2, 0) is 12.3 Å². The molecule has 5 heteroatoms. The van der Waals surface area contributed by atoms with Crippen LogP contribution in [0.4, 0.5) is 0 Å². The first-order chi connectivity index (χ1) is 12.0. The molecule has 3 aromatic rings. The van der Waals surface area contributed by atoms with Crippen molar-refractivity contribution >= 4 is 17.5 Å². The monoisotopic (exact) mass is 354 g/mol. The Morgan fingerprint density at radius 3 is 2.60 bits per heavy atom. The van der Waals surface area contributed by atoms with E-state index in [1.807, 2.05) is 44.2 Å². The lowest BCUT2D eigenvalue weighted by molar-refractivity contribution is 0.102. The molecule has 0 aliphatic heterocycles. The molecule has 0 unspecified atom stereocenters. The number of aromatic nitrogens is 2. The minimum Gasteiger partial charge on any atom is -0.361 e. The van der Waals surface area contributed by atoms with E-state index in [1.165, 1.54) is 5.56 Å². The minimum atomic E-state index is 0.164. The van der Waals surface area contributed by atoms with E-state index in [1.54, 1.807) is 11.8 Å². The van der Waals surface area contributed by atoms with Crippen molar-refractivity contribution in [3.05, 3.63) is 76.4 Å². The fraction of sp³-hybridized carbons (Fsp3) is 0.300. The molecule has 0 saturated heterocycles. The maximum atomic E-state index is 12.6. The van der Waals surface area contributed by atoms with Crippen LogP contribution in [0, 0.1) is 20.8 Å². The van der Waals surface area contributed by atoms with Crippen molar-refractivity contribution in [3.8, 4) is 0 Å². The van der Waals surface area contributed by atoms with Gasteiger partial charge < -0.3 is 9.09 Å². The lowest BCUT2D eigenvalue weighted by atomic mass is 10.2. The molecule has 0 bridgehead atoms. The van der Waals surface area contributed by atoms with Gasteiger partial charge >= 0.3 is 0 Å². The van der Waals surface area contributed by atoms with Gasteiger partial charge in [-0.15, -0.1) is 11.8 Å². The van der Waals surface area contributed by atoms with E-state index in [0.29, 0.717) is 11.5 Å². The summed E-state index contributed by atoms with van der Waals surface area (Å²) in [5.41, 5.74) is 5.08. The van der Waals surface area contributed by atoms with Crippen molar-refractivity contribution in [3.63, 3.8) is 0 Å². The number of nitrogens with zero attached hydrogens (tertiary/aromatic N) is 2. The SMILES string of the molecule is Cc1cc(CSCC(=O)c2cc(C)n(Cc3ccccc3)c2C)no1. The Hall–Kier alpha value is -2.27. The van der Waals surface area contributed by atoms with Gasteiger partial charge in [-0.2, -0.15) is 0 Å². The van der Waals surface area contributed by atoms with Crippen LogP contribution in [0.15, 0.2) is 47.0 Å². The Morgan fingerprint density at radius 1 is 1.16 bits per heavy atom. The first-order valence-electron chi connectivity index (χ1n) is 8.28. The van der Waals surface area contributed by atoms with Gasteiger partial charge in [-0.1, -0.05) is 35.5 Å². The summed E-state index contributed by atoms with van der Waals surface area (Å²) in [7, 11) is 0. The molecule has 130 valence electrons. The molecule has 0 fully saturated rings. The summed E-state index contributed by atoms with van der Waals surface area (Å²) < 4.78 is 7.25. The Morgan fingerprint density at radius 2 is 1.92 bits per heavy atom. The van der Waals surface area contributed by atoms with Crippen LogP contribution < -0.4 is 0 Å². The van der Waals surface area contributed by atoms with Crippen molar-refractivity contribution in [2.24, 2.45) is 0 Å². The van der Waals surface area contributed by atoms with Crippen LogP contribution in [-0.4, -0.2) is 21.3 Å². The zero-order valence-electron chi connectivity index (χ0n) is 14.8. The number of ketones is 1. The molecule has 0 aliphatic carbocycles. The summed E-state index contributed by atoms with van der Waals surface area (Å²) in [5, 5.41) is 3.96. The van der Waals surface area contributed by atoms with Gasteiger partial charge in [0.05, 0.1) is 11.4 Å². The minimum absolute atomic E-state index is 0.164. The highest BCUT2D eigenvalue weighted by Gasteiger charge is 2.16. The summed E-state index contributed by atoms with van der Waals surface area (Å²) in [6.45, 7) is 6.73. The molecule has 0 atom stereocenters. The second-order valence-electron chi connectivity index (χ2n) is 6.20. The fourth-order valence-corrected chi connectivity index (χ4v) is 3.69. The molecule has 0 amide bonds. The third-order valence-electron chi connectivity index (χ3n) is 4.22. The van der Waals surface area contributed by atoms with Gasteiger partial charge in [-0.3, -0.25) is 4.79 Å². The second kappa shape index (κ2) is 7.74. The standard InChI is InChI=1S/C20H22N2O2S/c1-14-9-19(16(3)22(14)11-17-7-5-4-6-8-17)20(23)13-25-12-18-10-15(2)24-21-18/h4-10H,11-13H2,1-3H3. The van der Waals surface area contributed by atoms with Crippen LogP contribution >= 0.6 is 11.8 Å². The maximum absolute atomic E-state index is 12.6. The van der Waals surface area contributed by atoms with Gasteiger partial charge in [-0.05, 0) is 32.4 Å². The average Bonchev–Trinajstić information content (AvgIpc) is 3.14. The summed E-state index contributed by atoms with van der Waals surface area (Å²) in [5.74, 6) is 2.09. The number of hydrogen-bond donors (Lipinski definition) is 0. The zero-order valence-corrected chi connectivity index (χ0v) is 15.6. The molecule has 0 aliphatic rings. The van der Waals surface area contributed by atoms with Gasteiger partial charge in [0.2, 0.25) is 0 Å². The van der Waals surface area contributed by atoms with E-state index in [2.05, 4.69) is 28.8 Å². The van der Waals surface area contributed by atoms with Gasteiger partial charge in [0.1, 0.15) is 5.76 Å². The van der Waals surface area contributed by atoms with Crippen LogP contribution in [0.2, 0.25) is 0 Å². The van der Waals surface area contributed by atoms with Crippen LogP contribution in [0.25, 0.3) is 0 Å². The lowest BCUT2D eigenvalue weighted by Crippen LogP contribution is -2.07. The van der Waals surface area contributed by atoms with Gasteiger partial charge in [-0.25, -0.2) is 0 Å². The van der Waals surface area contributed by atoms with E-state index in [4.69, 9.17) is 4.52 Å². The summed E-state index contributed by atoms with van der Waals surface area (Å²) >= 11 is 1.57. The highest BCUT2D eigenvalue weighted by Crippen LogP contribution is 2.20. The topological polar surface area (TPSA) is 48.0 Å². The van der Waals surface area contributed by atoms with Gasteiger partial charge in [0, 0.05) is 35.3 Å². The summed E-state index contributed by atoms with van der Waals surface area (Å²) in [6.07, 6.45) is 0. The molecular formula is C20H22N2O2S. The molecule has 25 heavy (non-hydrogen) atoms. The number of hydrogen-bond acceptors (Lipinski definition) is 4. The number of rotatable bonds is 7. The van der Waals surface area contributed by atoms with Crippen molar-refractivity contribution in [2.75, 3.05) is 5.75 Å². The summed E-state index contributed by atoms with van der Waals surface area (Å²) in [6, 6.07) is 14.2. The largest absolute Gasteiger partial charge is 0.361 e. The molecule has 0 N–H and O–H groups in total. The smallest absolute Gasteiger partial charge is 0.174 e. The zero-order chi connectivity index (χ0) is 17.8. The number of carbonyl (C=O) groups is 1. The molecule has 1 aromatic carbocycles. The molecule has 0 saturated carbocycles. The van der Waals surface area contributed by atoms with Crippen molar-refractivity contribution in [2.45, 2.75) is 33.1 Å². The van der Waals surface area contributed by atoms with E-state index in [-0.39, 0.29) is 5.78 Å². The van der Waals surface area contributed by atoms with Gasteiger partial charge in [0.15, 0.2) is 5.78 Å². The van der Waals surface area contributed by atoms with E-state index >= 15 is 0 Å². The first-order valence-corrected chi connectivity index (χ1v) is 9.44. The normalized spacial score (nSPS) is 11.0. The molecule has 4 nitrogen and oxygen atoms in total. The first kappa shape index (κ1) is 17.5. The molecule has 2 aromatic heterocycles. The highest BCUT2D eigenvalue weighted by molar-refractivity contribution is 7.99. The van der Waals surface area contributed by atoms with Crippen molar-refractivity contribution in [1.82, 2.24) is 9.72 Å². The average molecular weight is 354 g/mol. The fourth-order valence-electron chi connectivity index (χ4n) is 2.90.